The number of benzene rings is 1. The fraction of sp³-hybridized carbons (Fsp3) is 0.300. The van der Waals surface area contributed by atoms with Crippen LogP contribution in [0.2, 0.25) is 5.02 Å². The molecule has 0 spiro atoms. The van der Waals surface area contributed by atoms with Crippen LogP contribution in [-0.4, -0.2) is 26.0 Å². The molecular formula is C10H12ClNO4S. The average molecular weight is 278 g/mol. The molecule has 0 fully saturated rings. The molecule has 1 aromatic carbocycles. The smallest absolute Gasteiger partial charge is 0.337 e. The van der Waals surface area contributed by atoms with Gasteiger partial charge in [0.1, 0.15) is 0 Å². The molecule has 94 valence electrons. The first-order valence-corrected chi connectivity index (χ1v) is 6.77. The molecule has 0 atom stereocenters. The largest absolute Gasteiger partial charge is 0.478 e. The van der Waals surface area contributed by atoms with Gasteiger partial charge in [-0.15, -0.1) is 0 Å². The van der Waals surface area contributed by atoms with E-state index in [1.54, 1.807) is 0 Å². The van der Waals surface area contributed by atoms with Crippen LogP contribution < -0.4 is 4.72 Å². The van der Waals surface area contributed by atoms with Gasteiger partial charge in [0.05, 0.1) is 15.5 Å². The SMILES string of the molecule is CCCNS(=O)(=O)c1ccc(Cl)c(C(=O)O)c1. The highest BCUT2D eigenvalue weighted by atomic mass is 35.5. The molecule has 1 aromatic rings. The molecule has 0 saturated heterocycles. The number of halogens is 1. The van der Waals surface area contributed by atoms with Gasteiger partial charge in [0.25, 0.3) is 0 Å². The van der Waals surface area contributed by atoms with E-state index in [2.05, 4.69) is 4.72 Å². The van der Waals surface area contributed by atoms with Crippen LogP contribution in [0.5, 0.6) is 0 Å². The van der Waals surface area contributed by atoms with E-state index >= 15 is 0 Å². The number of hydrogen-bond acceptors (Lipinski definition) is 3. The van der Waals surface area contributed by atoms with Crippen molar-refractivity contribution in [3.63, 3.8) is 0 Å². The maximum atomic E-state index is 11.7. The molecule has 7 heteroatoms. The Hall–Kier alpha value is -1.11. The molecule has 0 radical (unpaired) electrons. The Bertz CT molecular complexity index is 527. The lowest BCUT2D eigenvalue weighted by molar-refractivity contribution is 0.0697. The van der Waals surface area contributed by atoms with Gasteiger partial charge in [-0.1, -0.05) is 18.5 Å². The first-order valence-electron chi connectivity index (χ1n) is 4.91. The highest BCUT2D eigenvalue weighted by Crippen LogP contribution is 2.20. The minimum absolute atomic E-state index is 0.00643. The number of hydrogen-bond donors (Lipinski definition) is 2. The molecule has 2 N–H and O–H groups in total. The van der Waals surface area contributed by atoms with Crippen LogP contribution in [0.15, 0.2) is 23.1 Å². The average Bonchev–Trinajstić information content (AvgIpc) is 2.26. The molecule has 0 amide bonds. The molecule has 0 bridgehead atoms. The summed E-state index contributed by atoms with van der Waals surface area (Å²) in [5, 5.41) is 8.84. The van der Waals surface area contributed by atoms with Crippen LogP contribution >= 0.6 is 11.6 Å². The first kappa shape index (κ1) is 14.0. The first-order chi connectivity index (χ1) is 7.88. The van der Waals surface area contributed by atoms with Gasteiger partial charge in [-0.3, -0.25) is 0 Å². The van der Waals surface area contributed by atoms with Crippen molar-refractivity contribution < 1.29 is 18.3 Å². The normalized spacial score (nSPS) is 11.4. The van der Waals surface area contributed by atoms with Gasteiger partial charge in [-0.2, -0.15) is 0 Å². The molecule has 0 aliphatic heterocycles. The van der Waals surface area contributed by atoms with Gasteiger partial charge in [-0.05, 0) is 24.6 Å². The fourth-order valence-electron chi connectivity index (χ4n) is 1.16. The molecular weight excluding hydrogens is 266 g/mol. The van der Waals surface area contributed by atoms with Crippen molar-refractivity contribution in [2.75, 3.05) is 6.54 Å². The van der Waals surface area contributed by atoms with E-state index in [9.17, 15) is 13.2 Å². The van der Waals surface area contributed by atoms with E-state index in [1.807, 2.05) is 6.92 Å². The zero-order valence-corrected chi connectivity index (χ0v) is 10.7. The Morgan fingerprint density at radius 2 is 2.12 bits per heavy atom. The zero-order valence-electron chi connectivity index (χ0n) is 9.10. The maximum Gasteiger partial charge on any atom is 0.337 e. The molecule has 0 unspecified atom stereocenters. The number of rotatable bonds is 5. The zero-order chi connectivity index (χ0) is 13.1. The Balaban J connectivity index is 3.16. The van der Waals surface area contributed by atoms with Gasteiger partial charge in [0.15, 0.2) is 0 Å². The Labute approximate surface area is 104 Å². The number of carboxylic acids is 1. The van der Waals surface area contributed by atoms with Crippen molar-refractivity contribution in [2.45, 2.75) is 18.2 Å². The topological polar surface area (TPSA) is 83.5 Å². The lowest BCUT2D eigenvalue weighted by atomic mass is 10.2. The summed E-state index contributed by atoms with van der Waals surface area (Å²) in [5.74, 6) is -1.26. The van der Waals surface area contributed by atoms with Crippen molar-refractivity contribution in [3.05, 3.63) is 28.8 Å². The summed E-state index contributed by atoms with van der Waals surface area (Å²) < 4.78 is 25.8. The minimum atomic E-state index is -3.67. The second-order valence-electron chi connectivity index (χ2n) is 3.34. The third kappa shape index (κ3) is 3.42. The van der Waals surface area contributed by atoms with E-state index < -0.39 is 16.0 Å². The van der Waals surface area contributed by atoms with Crippen LogP contribution in [0.1, 0.15) is 23.7 Å². The molecule has 0 heterocycles. The third-order valence-electron chi connectivity index (χ3n) is 2.02. The summed E-state index contributed by atoms with van der Waals surface area (Å²) in [6, 6.07) is 3.57. The highest BCUT2D eigenvalue weighted by Gasteiger charge is 2.17. The quantitative estimate of drug-likeness (QED) is 0.858. The van der Waals surface area contributed by atoms with Crippen molar-refractivity contribution in [1.29, 1.82) is 0 Å². The number of sulfonamides is 1. The maximum absolute atomic E-state index is 11.7. The Morgan fingerprint density at radius 3 is 2.65 bits per heavy atom. The molecule has 0 aliphatic rings. The summed E-state index contributed by atoms with van der Waals surface area (Å²) >= 11 is 5.65. The number of carboxylic acid groups (broad SMARTS) is 1. The Kier molecular flexibility index (Phi) is 4.50. The number of aromatic carboxylic acids is 1. The molecule has 1 rings (SSSR count). The summed E-state index contributed by atoms with van der Waals surface area (Å²) in [6.45, 7) is 2.13. The lowest BCUT2D eigenvalue weighted by Crippen LogP contribution is -2.24. The van der Waals surface area contributed by atoms with Crippen molar-refractivity contribution >= 4 is 27.6 Å². The van der Waals surface area contributed by atoms with Crippen molar-refractivity contribution in [1.82, 2.24) is 4.72 Å². The monoisotopic (exact) mass is 277 g/mol. The van der Waals surface area contributed by atoms with Gasteiger partial charge in [0, 0.05) is 6.54 Å². The molecule has 0 aromatic heterocycles. The Morgan fingerprint density at radius 1 is 1.47 bits per heavy atom. The van der Waals surface area contributed by atoms with Gasteiger partial charge in [0.2, 0.25) is 10.0 Å². The van der Waals surface area contributed by atoms with E-state index in [4.69, 9.17) is 16.7 Å². The standard InChI is InChI=1S/C10H12ClNO4S/c1-2-5-12-17(15,16)7-3-4-9(11)8(6-7)10(13)14/h3-4,6,12H,2,5H2,1H3,(H,13,14). The molecule has 5 nitrogen and oxygen atoms in total. The minimum Gasteiger partial charge on any atom is -0.478 e. The van der Waals surface area contributed by atoms with Crippen molar-refractivity contribution in [2.24, 2.45) is 0 Å². The van der Waals surface area contributed by atoms with E-state index in [-0.39, 0.29) is 15.5 Å². The molecule has 17 heavy (non-hydrogen) atoms. The van der Waals surface area contributed by atoms with Crippen LogP contribution in [0.25, 0.3) is 0 Å². The lowest BCUT2D eigenvalue weighted by Gasteiger charge is -2.07. The van der Waals surface area contributed by atoms with Crippen molar-refractivity contribution in [3.8, 4) is 0 Å². The highest BCUT2D eigenvalue weighted by molar-refractivity contribution is 7.89. The molecule has 0 aliphatic carbocycles. The fourth-order valence-corrected chi connectivity index (χ4v) is 2.51. The van der Waals surface area contributed by atoms with Gasteiger partial charge >= 0.3 is 5.97 Å². The van der Waals surface area contributed by atoms with E-state index in [0.29, 0.717) is 13.0 Å². The summed E-state index contributed by atoms with van der Waals surface area (Å²) in [4.78, 5) is 10.7. The van der Waals surface area contributed by atoms with Crippen LogP contribution in [0.4, 0.5) is 0 Å². The summed E-state index contributed by atoms with van der Waals surface area (Å²) in [5.41, 5.74) is -0.231. The van der Waals surface area contributed by atoms with E-state index in [0.717, 1.165) is 6.07 Å². The van der Waals surface area contributed by atoms with Gasteiger partial charge in [-0.25, -0.2) is 17.9 Å². The molecule has 0 saturated carbocycles. The number of carbonyl (C=O) groups is 1. The second kappa shape index (κ2) is 5.48. The van der Waals surface area contributed by atoms with E-state index in [1.165, 1.54) is 12.1 Å². The summed E-state index contributed by atoms with van der Waals surface area (Å²) in [7, 11) is -3.67. The van der Waals surface area contributed by atoms with Crippen LogP contribution in [0.3, 0.4) is 0 Å². The predicted molar refractivity (Wildman–Crippen MR) is 63.9 cm³/mol. The number of nitrogens with one attached hydrogen (secondary N) is 1. The third-order valence-corrected chi connectivity index (χ3v) is 3.81. The second-order valence-corrected chi connectivity index (χ2v) is 5.52. The van der Waals surface area contributed by atoms with Crippen LogP contribution in [0, 0.1) is 0 Å². The van der Waals surface area contributed by atoms with Crippen LogP contribution in [-0.2, 0) is 10.0 Å². The van der Waals surface area contributed by atoms with Gasteiger partial charge < -0.3 is 5.11 Å². The predicted octanol–water partition coefficient (Wildman–Crippen LogP) is 1.73. The summed E-state index contributed by atoms with van der Waals surface area (Å²) in [6.07, 6.45) is 0.651.